The summed E-state index contributed by atoms with van der Waals surface area (Å²) in [6, 6.07) is 0. The molecule has 0 bridgehead atoms. The third-order valence-electron chi connectivity index (χ3n) is 5.61. The molecular weight excluding hydrogens is 334 g/mol. The highest BCUT2D eigenvalue weighted by Gasteiger charge is 2.44. The second kappa shape index (κ2) is 10.7. The van der Waals surface area contributed by atoms with Crippen LogP contribution in [-0.4, -0.2) is 36.7 Å². The Hall–Kier alpha value is -1.40. The highest BCUT2D eigenvalue weighted by atomic mass is 16.6. The van der Waals surface area contributed by atoms with Gasteiger partial charge >= 0.3 is 5.97 Å². The summed E-state index contributed by atoms with van der Waals surface area (Å²) in [5.41, 5.74) is 3.94. The Morgan fingerprint density at radius 3 is 2.81 bits per heavy atom. The zero-order valence-electron chi connectivity index (χ0n) is 16.0. The molecule has 0 aliphatic heterocycles. The smallest absolute Gasteiger partial charge is 0.307 e. The Morgan fingerprint density at radius 1 is 1.27 bits per heavy atom. The van der Waals surface area contributed by atoms with E-state index in [-0.39, 0.29) is 31.0 Å². The largest absolute Gasteiger partial charge is 0.469 e. The van der Waals surface area contributed by atoms with Crippen LogP contribution in [-0.2, 0) is 19.2 Å². The van der Waals surface area contributed by atoms with E-state index < -0.39 is 0 Å². The number of allylic oxidation sites excluding steroid dienone is 2. The quantitative estimate of drug-likeness (QED) is 0.313. The molecule has 0 heterocycles. The number of methoxy groups -OCH3 is 1. The number of unbranched alkanes of at least 4 members (excludes halogenated alkanes) is 2. The minimum atomic E-state index is -0.313. The van der Waals surface area contributed by atoms with Crippen LogP contribution in [0.25, 0.3) is 0 Å². The number of carbonyl (C=O) groups excluding carboxylic acids is 2. The first-order valence-corrected chi connectivity index (χ1v) is 9.90. The Labute approximate surface area is 156 Å². The average molecular weight is 367 g/mol. The number of Topliss-reactive ketones (excluding diaryl/α,β-unsaturated/α-hetero) is 1. The number of aliphatic hydroxyl groups excluding tert-OH is 1. The van der Waals surface area contributed by atoms with Crippen molar-refractivity contribution in [2.45, 2.75) is 70.8 Å². The molecule has 0 spiro atoms. The van der Waals surface area contributed by atoms with Crippen molar-refractivity contribution in [2.24, 2.45) is 17.8 Å². The molecule has 2 aliphatic carbocycles. The van der Waals surface area contributed by atoms with E-state index in [9.17, 15) is 14.7 Å². The molecule has 0 aromatic carbocycles. The predicted molar refractivity (Wildman–Crippen MR) is 97.9 cm³/mol. The van der Waals surface area contributed by atoms with Crippen LogP contribution in [0.15, 0.2) is 11.8 Å². The van der Waals surface area contributed by atoms with Crippen molar-refractivity contribution in [3.8, 4) is 0 Å². The molecule has 6 nitrogen and oxygen atoms in total. The number of nitrogens with one attached hydrogen (secondary N) is 1. The summed E-state index contributed by atoms with van der Waals surface area (Å²) in [4.78, 5) is 28.4. The third kappa shape index (κ3) is 6.09. The number of fused-ring (bicyclic) bond motifs is 1. The van der Waals surface area contributed by atoms with Crippen LogP contribution in [0.3, 0.4) is 0 Å². The lowest BCUT2D eigenvalue weighted by Gasteiger charge is -2.19. The number of hydrogen-bond acceptors (Lipinski definition) is 6. The lowest BCUT2D eigenvalue weighted by molar-refractivity contribution is -0.142. The van der Waals surface area contributed by atoms with Crippen molar-refractivity contribution < 1.29 is 24.3 Å². The van der Waals surface area contributed by atoms with Gasteiger partial charge in [0.05, 0.1) is 26.2 Å². The molecule has 2 rings (SSSR count). The van der Waals surface area contributed by atoms with E-state index in [0.717, 1.165) is 44.2 Å². The number of hydrogen-bond donors (Lipinski definition) is 2. The Morgan fingerprint density at radius 2 is 2.08 bits per heavy atom. The highest BCUT2D eigenvalue weighted by Crippen LogP contribution is 2.47. The SMILES string of the molecule is CCCCCC(=O)CC[C@H]1[C@@H]2C=C(NOCCC(=O)OC)C[C@@H]2C[C@@H]1O. The van der Waals surface area contributed by atoms with Crippen LogP contribution in [0.5, 0.6) is 0 Å². The van der Waals surface area contributed by atoms with Crippen molar-refractivity contribution in [1.29, 1.82) is 0 Å². The first-order chi connectivity index (χ1) is 12.5. The van der Waals surface area contributed by atoms with E-state index in [1.54, 1.807) is 0 Å². The molecule has 0 radical (unpaired) electrons. The van der Waals surface area contributed by atoms with E-state index in [0.29, 0.717) is 30.5 Å². The first-order valence-electron chi connectivity index (χ1n) is 9.90. The van der Waals surface area contributed by atoms with Crippen molar-refractivity contribution in [3.63, 3.8) is 0 Å². The maximum Gasteiger partial charge on any atom is 0.307 e. The fourth-order valence-electron chi connectivity index (χ4n) is 4.18. The van der Waals surface area contributed by atoms with Gasteiger partial charge in [-0.3, -0.25) is 19.9 Å². The van der Waals surface area contributed by atoms with Gasteiger partial charge in [-0.25, -0.2) is 0 Å². The standard InChI is InChI=1S/C20H33NO5/c1-3-4-5-6-16(22)7-8-17-18-13-15(11-14(18)12-19(17)23)21-26-10-9-20(24)25-2/h13-14,17-19,21,23H,3-12H2,1-2H3/t14-,17+,18-,19+/m1/s1. The van der Waals surface area contributed by atoms with Crippen LogP contribution in [0, 0.1) is 17.8 Å². The molecule has 6 heteroatoms. The molecule has 0 aromatic rings. The molecular formula is C20H33NO5. The van der Waals surface area contributed by atoms with Crippen LogP contribution in [0.2, 0.25) is 0 Å². The summed E-state index contributed by atoms with van der Waals surface area (Å²) >= 11 is 0. The topological polar surface area (TPSA) is 84.9 Å². The van der Waals surface area contributed by atoms with E-state index >= 15 is 0 Å². The van der Waals surface area contributed by atoms with Gasteiger partial charge < -0.3 is 9.84 Å². The molecule has 4 atom stereocenters. The van der Waals surface area contributed by atoms with Gasteiger partial charge in [0, 0.05) is 18.5 Å². The monoisotopic (exact) mass is 367 g/mol. The fourth-order valence-corrected chi connectivity index (χ4v) is 4.18. The minimum absolute atomic E-state index is 0.157. The van der Waals surface area contributed by atoms with Crippen molar-refractivity contribution >= 4 is 11.8 Å². The van der Waals surface area contributed by atoms with E-state index in [4.69, 9.17) is 4.84 Å². The number of rotatable bonds is 12. The van der Waals surface area contributed by atoms with Crippen molar-refractivity contribution in [2.75, 3.05) is 13.7 Å². The zero-order valence-corrected chi connectivity index (χ0v) is 16.0. The highest BCUT2D eigenvalue weighted by molar-refractivity contribution is 5.78. The third-order valence-corrected chi connectivity index (χ3v) is 5.61. The lowest BCUT2D eigenvalue weighted by atomic mass is 9.87. The molecule has 0 aromatic heterocycles. The zero-order chi connectivity index (χ0) is 18.9. The summed E-state index contributed by atoms with van der Waals surface area (Å²) < 4.78 is 4.57. The van der Waals surface area contributed by atoms with Crippen LogP contribution >= 0.6 is 0 Å². The summed E-state index contributed by atoms with van der Waals surface area (Å²) in [7, 11) is 1.36. The van der Waals surface area contributed by atoms with Gasteiger partial charge in [-0.15, -0.1) is 0 Å². The number of ether oxygens (including phenoxy) is 1. The molecule has 1 fully saturated rings. The second-order valence-electron chi connectivity index (χ2n) is 7.51. The van der Waals surface area contributed by atoms with Crippen molar-refractivity contribution in [1.82, 2.24) is 5.48 Å². The van der Waals surface area contributed by atoms with Crippen LogP contribution in [0.1, 0.15) is 64.7 Å². The molecule has 0 unspecified atom stereocenters. The molecule has 148 valence electrons. The number of esters is 1. The van der Waals surface area contributed by atoms with Gasteiger partial charge in [-0.05, 0) is 43.4 Å². The number of carbonyl (C=O) groups is 2. The molecule has 2 aliphatic rings. The maximum atomic E-state index is 12.0. The Bertz CT molecular complexity index is 504. The Kier molecular flexibility index (Phi) is 8.59. The van der Waals surface area contributed by atoms with E-state index in [1.807, 2.05) is 0 Å². The summed E-state index contributed by atoms with van der Waals surface area (Å²) in [5, 5.41) is 10.4. The minimum Gasteiger partial charge on any atom is -0.469 e. The number of aliphatic hydroxyl groups is 1. The second-order valence-corrected chi connectivity index (χ2v) is 7.51. The summed E-state index contributed by atoms with van der Waals surface area (Å²) in [6.45, 7) is 2.40. The van der Waals surface area contributed by atoms with Gasteiger partial charge in [0.25, 0.3) is 0 Å². The number of ketones is 1. The van der Waals surface area contributed by atoms with Gasteiger partial charge in [0.1, 0.15) is 5.78 Å². The average Bonchev–Trinajstić information content (AvgIpc) is 3.13. The van der Waals surface area contributed by atoms with E-state index in [2.05, 4.69) is 23.2 Å². The van der Waals surface area contributed by atoms with Gasteiger partial charge in [-0.1, -0.05) is 25.8 Å². The fraction of sp³-hybridized carbons (Fsp3) is 0.800. The van der Waals surface area contributed by atoms with Gasteiger partial charge in [0.15, 0.2) is 0 Å². The molecule has 0 amide bonds. The summed E-state index contributed by atoms with van der Waals surface area (Å²) in [6.07, 6.45) is 8.89. The predicted octanol–water partition coefficient (Wildman–Crippen LogP) is 2.90. The normalized spacial score (nSPS) is 27.1. The first kappa shape index (κ1) is 20.9. The molecule has 1 saturated carbocycles. The maximum absolute atomic E-state index is 12.0. The number of hydroxylamine groups is 1. The van der Waals surface area contributed by atoms with E-state index in [1.165, 1.54) is 7.11 Å². The van der Waals surface area contributed by atoms with Crippen LogP contribution < -0.4 is 5.48 Å². The Balaban J connectivity index is 1.74. The summed E-state index contributed by atoms with van der Waals surface area (Å²) in [5.74, 6) is 0.901. The van der Waals surface area contributed by atoms with Gasteiger partial charge in [-0.2, -0.15) is 0 Å². The van der Waals surface area contributed by atoms with Crippen LogP contribution in [0.4, 0.5) is 0 Å². The molecule has 0 saturated heterocycles. The lowest BCUT2D eigenvalue weighted by Crippen LogP contribution is -2.20. The molecule has 2 N–H and O–H groups in total. The van der Waals surface area contributed by atoms with Crippen molar-refractivity contribution in [3.05, 3.63) is 11.8 Å². The van der Waals surface area contributed by atoms with Gasteiger partial charge in [0.2, 0.25) is 0 Å². The molecule has 26 heavy (non-hydrogen) atoms.